The van der Waals surface area contributed by atoms with E-state index in [0.29, 0.717) is 0 Å². The quantitative estimate of drug-likeness (QED) is 0.381. The summed E-state index contributed by atoms with van der Waals surface area (Å²) in [5.41, 5.74) is 1.74. The number of halogens is 2. The maximum absolute atomic E-state index is 14.3. The lowest BCUT2D eigenvalue weighted by Gasteiger charge is -2.30. The van der Waals surface area contributed by atoms with E-state index >= 15 is 0 Å². The van der Waals surface area contributed by atoms with E-state index in [1.165, 1.54) is 16.4 Å². The third-order valence-electron chi connectivity index (χ3n) is 7.26. The molecule has 0 bridgehead atoms. The summed E-state index contributed by atoms with van der Waals surface area (Å²) in [6.07, 6.45) is -3.59. The Balaban J connectivity index is 1.52. The smallest absolute Gasteiger partial charge is 0.306 e. The largest absolute Gasteiger partial charge is 0.459 e. The maximum Gasteiger partial charge on any atom is 0.306 e. The predicted molar refractivity (Wildman–Crippen MR) is 143 cm³/mol. The molecule has 0 spiro atoms. The number of sulfonamides is 1. The fraction of sp³-hybridized carbons (Fsp3) is 0.552. The first-order valence-corrected chi connectivity index (χ1v) is 14.9. The molecule has 0 aromatic heterocycles. The van der Waals surface area contributed by atoms with Crippen LogP contribution < -0.4 is 0 Å². The predicted octanol–water partition coefficient (Wildman–Crippen LogP) is 3.80. The first-order valence-electron chi connectivity index (χ1n) is 13.5. The van der Waals surface area contributed by atoms with Crippen molar-refractivity contribution in [2.45, 2.75) is 62.9 Å². The molecule has 4 rings (SSSR count). The van der Waals surface area contributed by atoms with Crippen LogP contribution in [0, 0.1) is 24.7 Å². The number of fused-ring (bicyclic) bond motifs is 1. The van der Waals surface area contributed by atoms with Gasteiger partial charge >= 0.3 is 5.97 Å². The molecule has 0 saturated carbocycles. The summed E-state index contributed by atoms with van der Waals surface area (Å²) < 4.78 is 72.6. The van der Waals surface area contributed by atoms with E-state index in [-0.39, 0.29) is 43.4 Å². The van der Waals surface area contributed by atoms with Gasteiger partial charge < -0.3 is 19.3 Å². The molecule has 1 unspecified atom stereocenters. The number of hydrogen-bond donors (Lipinski definition) is 1. The van der Waals surface area contributed by atoms with Gasteiger partial charge in [-0.1, -0.05) is 61.9 Å². The van der Waals surface area contributed by atoms with Crippen molar-refractivity contribution >= 4 is 16.0 Å². The average molecular weight is 582 g/mol. The van der Waals surface area contributed by atoms with Crippen LogP contribution in [0.2, 0.25) is 0 Å². The standard InChI is InChI=1S/C29H37F2NO7S/c1-19(2)15-32(40(35,36)23-11-9-20(3)10-12-23)16-24(33)22(13-21-7-5-4-6-8-21)14-26(34)39-25-17-37-28-27(25)29(30,31)18-38-28/h4-12,19,22,24-25,27-28,33H,13-18H2,1-3H3/t22-,24-,25?,27+,28+/m1/s1. The Morgan fingerprint density at radius 2 is 1.77 bits per heavy atom. The van der Waals surface area contributed by atoms with Crippen molar-refractivity contribution in [3.05, 3.63) is 65.7 Å². The van der Waals surface area contributed by atoms with Crippen molar-refractivity contribution in [2.24, 2.45) is 17.8 Å². The third kappa shape index (κ3) is 7.25. The molecule has 2 saturated heterocycles. The van der Waals surface area contributed by atoms with Crippen LogP contribution in [-0.2, 0) is 35.4 Å². The van der Waals surface area contributed by atoms with E-state index in [1.54, 1.807) is 12.1 Å². The highest BCUT2D eigenvalue weighted by molar-refractivity contribution is 7.89. The lowest BCUT2D eigenvalue weighted by atomic mass is 9.90. The first-order chi connectivity index (χ1) is 18.9. The number of aliphatic hydroxyl groups is 1. The minimum absolute atomic E-state index is 0.0319. The minimum Gasteiger partial charge on any atom is -0.459 e. The van der Waals surface area contributed by atoms with Gasteiger partial charge in [0.15, 0.2) is 6.29 Å². The maximum atomic E-state index is 14.3. The minimum atomic E-state index is -3.94. The van der Waals surface area contributed by atoms with Crippen molar-refractivity contribution < 1.29 is 41.3 Å². The number of esters is 1. The zero-order chi connectivity index (χ0) is 29.1. The van der Waals surface area contributed by atoms with Crippen LogP contribution in [0.3, 0.4) is 0 Å². The number of carbonyl (C=O) groups excluding carboxylic acids is 1. The number of hydrogen-bond acceptors (Lipinski definition) is 7. The summed E-state index contributed by atoms with van der Waals surface area (Å²) in [7, 11) is -3.94. The van der Waals surface area contributed by atoms with Gasteiger partial charge in [0.1, 0.15) is 18.6 Å². The number of rotatable bonds is 12. The van der Waals surface area contributed by atoms with Gasteiger partial charge in [-0.15, -0.1) is 0 Å². The van der Waals surface area contributed by atoms with Crippen molar-refractivity contribution in [1.29, 1.82) is 0 Å². The Bertz CT molecular complexity index is 1240. The molecule has 40 heavy (non-hydrogen) atoms. The molecule has 1 N–H and O–H groups in total. The second-order valence-corrected chi connectivity index (χ2v) is 13.0. The van der Waals surface area contributed by atoms with Gasteiger partial charge in [0, 0.05) is 19.0 Å². The number of nitrogens with zero attached hydrogens (tertiary/aromatic N) is 1. The van der Waals surface area contributed by atoms with Crippen molar-refractivity contribution in [2.75, 3.05) is 26.3 Å². The molecule has 2 aromatic carbocycles. The molecule has 220 valence electrons. The van der Waals surface area contributed by atoms with E-state index < -0.39 is 58.9 Å². The number of benzene rings is 2. The molecule has 2 heterocycles. The van der Waals surface area contributed by atoms with Gasteiger partial charge in [0.2, 0.25) is 10.0 Å². The Kier molecular flexibility index (Phi) is 9.62. The molecule has 0 amide bonds. The van der Waals surface area contributed by atoms with Crippen LogP contribution >= 0.6 is 0 Å². The summed E-state index contributed by atoms with van der Waals surface area (Å²) in [5.74, 6) is -6.12. The number of aliphatic hydroxyl groups excluding tert-OH is 1. The van der Waals surface area contributed by atoms with E-state index in [4.69, 9.17) is 14.2 Å². The Morgan fingerprint density at radius 3 is 2.42 bits per heavy atom. The van der Waals surface area contributed by atoms with Crippen LogP contribution in [0.1, 0.15) is 31.4 Å². The van der Waals surface area contributed by atoms with Crippen LogP contribution in [0.15, 0.2) is 59.5 Å². The van der Waals surface area contributed by atoms with E-state index in [9.17, 15) is 27.1 Å². The van der Waals surface area contributed by atoms with Gasteiger partial charge in [-0.25, -0.2) is 17.2 Å². The summed E-state index contributed by atoms with van der Waals surface area (Å²) in [4.78, 5) is 13.1. The summed E-state index contributed by atoms with van der Waals surface area (Å²) in [5, 5.41) is 11.4. The lowest BCUT2D eigenvalue weighted by molar-refractivity contribution is -0.158. The van der Waals surface area contributed by atoms with Crippen LogP contribution in [0.4, 0.5) is 8.78 Å². The van der Waals surface area contributed by atoms with Gasteiger partial charge in [-0.05, 0) is 37.0 Å². The monoisotopic (exact) mass is 581 g/mol. The second-order valence-electron chi connectivity index (χ2n) is 11.1. The van der Waals surface area contributed by atoms with E-state index in [2.05, 4.69) is 0 Å². The molecule has 2 aliphatic rings. The molecule has 11 heteroatoms. The first kappa shape index (κ1) is 30.5. The molecule has 0 aliphatic carbocycles. The van der Waals surface area contributed by atoms with Gasteiger partial charge in [-0.2, -0.15) is 4.31 Å². The molecule has 0 radical (unpaired) electrons. The second kappa shape index (κ2) is 12.6. The zero-order valence-electron chi connectivity index (χ0n) is 22.9. The average Bonchev–Trinajstić information content (AvgIpc) is 3.44. The van der Waals surface area contributed by atoms with E-state index in [0.717, 1.165) is 11.1 Å². The molecule has 2 fully saturated rings. The Labute approximate surface area is 234 Å². The number of carbonyl (C=O) groups is 1. The number of aryl methyl sites for hydroxylation is 1. The molecular formula is C29H37F2NO7S. The van der Waals surface area contributed by atoms with Gasteiger partial charge in [-0.3, -0.25) is 4.79 Å². The SMILES string of the molecule is Cc1ccc(S(=O)(=O)N(CC(C)C)C[C@@H](O)[C@@H](CC(=O)OC2CO[C@H]3OCC(F)(F)[C@@H]23)Cc2ccccc2)cc1. The molecule has 2 aliphatic heterocycles. The third-order valence-corrected chi connectivity index (χ3v) is 9.11. The molecular weight excluding hydrogens is 544 g/mol. The molecule has 8 nitrogen and oxygen atoms in total. The van der Waals surface area contributed by atoms with Crippen molar-refractivity contribution in [3.63, 3.8) is 0 Å². The fourth-order valence-corrected chi connectivity index (χ4v) is 6.80. The highest BCUT2D eigenvalue weighted by atomic mass is 32.2. The van der Waals surface area contributed by atoms with Gasteiger partial charge in [0.25, 0.3) is 5.92 Å². The van der Waals surface area contributed by atoms with Crippen LogP contribution in [-0.4, -0.2) is 74.5 Å². The molecule has 5 atom stereocenters. The summed E-state index contributed by atoms with van der Waals surface area (Å²) in [6, 6.07) is 15.6. The summed E-state index contributed by atoms with van der Waals surface area (Å²) in [6.45, 7) is 4.52. The Morgan fingerprint density at radius 1 is 1.10 bits per heavy atom. The van der Waals surface area contributed by atoms with Crippen molar-refractivity contribution in [1.82, 2.24) is 4.31 Å². The summed E-state index contributed by atoms with van der Waals surface area (Å²) >= 11 is 0. The molecule has 2 aromatic rings. The number of ether oxygens (including phenoxy) is 3. The zero-order valence-corrected chi connectivity index (χ0v) is 23.7. The van der Waals surface area contributed by atoms with Gasteiger partial charge in [0.05, 0.1) is 24.0 Å². The lowest BCUT2D eigenvalue weighted by Crippen LogP contribution is -2.43. The fourth-order valence-electron chi connectivity index (χ4n) is 5.18. The van der Waals surface area contributed by atoms with Crippen LogP contribution in [0.5, 0.6) is 0 Å². The van der Waals surface area contributed by atoms with Crippen LogP contribution in [0.25, 0.3) is 0 Å². The highest BCUT2D eigenvalue weighted by Crippen LogP contribution is 2.43. The number of alkyl halides is 2. The van der Waals surface area contributed by atoms with E-state index in [1.807, 2.05) is 51.1 Å². The topological polar surface area (TPSA) is 102 Å². The normalized spacial score (nSPS) is 23.8. The highest BCUT2D eigenvalue weighted by Gasteiger charge is 2.60. The van der Waals surface area contributed by atoms with Crippen molar-refractivity contribution in [3.8, 4) is 0 Å². The Hall–Kier alpha value is -2.44.